The fourth-order valence-electron chi connectivity index (χ4n) is 4.97. The second kappa shape index (κ2) is 11.1. The SMILES string of the molecule is C[C@H](C(=O)N(c1cccc(F)c1)[C@H](C(=O)NC1CCCCC1)c1ccc(F)cc1)n1nc2ccccc2n1. The molecular formula is C29H29F2N5O2. The third-order valence-electron chi connectivity index (χ3n) is 6.97. The van der Waals surface area contributed by atoms with Crippen LogP contribution in [0.2, 0.25) is 0 Å². The van der Waals surface area contributed by atoms with Gasteiger partial charge in [0.15, 0.2) is 0 Å². The molecule has 7 nitrogen and oxygen atoms in total. The first-order valence-corrected chi connectivity index (χ1v) is 12.9. The molecule has 1 aromatic heterocycles. The largest absolute Gasteiger partial charge is 0.351 e. The summed E-state index contributed by atoms with van der Waals surface area (Å²) in [6, 6.07) is 16.1. The van der Waals surface area contributed by atoms with Crippen molar-refractivity contribution in [1.82, 2.24) is 20.3 Å². The molecule has 1 heterocycles. The number of carbonyl (C=O) groups is 2. The van der Waals surface area contributed by atoms with E-state index in [2.05, 4.69) is 15.5 Å². The molecular weight excluding hydrogens is 488 g/mol. The molecule has 9 heteroatoms. The number of nitrogens with zero attached hydrogens (tertiary/aromatic N) is 4. The van der Waals surface area contributed by atoms with Crippen LogP contribution >= 0.6 is 0 Å². The Labute approximate surface area is 219 Å². The zero-order chi connectivity index (χ0) is 26.6. The quantitative estimate of drug-likeness (QED) is 0.351. The molecule has 38 heavy (non-hydrogen) atoms. The van der Waals surface area contributed by atoms with Gasteiger partial charge in [-0.15, -0.1) is 0 Å². The molecule has 1 aliphatic rings. The highest BCUT2D eigenvalue weighted by Crippen LogP contribution is 2.32. The van der Waals surface area contributed by atoms with Gasteiger partial charge in [0.25, 0.3) is 5.91 Å². The van der Waals surface area contributed by atoms with Gasteiger partial charge in [0.2, 0.25) is 5.91 Å². The van der Waals surface area contributed by atoms with Gasteiger partial charge < -0.3 is 5.32 Å². The molecule has 1 N–H and O–H groups in total. The van der Waals surface area contributed by atoms with E-state index in [1.54, 1.807) is 25.1 Å². The average molecular weight is 518 g/mol. The summed E-state index contributed by atoms with van der Waals surface area (Å²) in [5.41, 5.74) is 1.85. The van der Waals surface area contributed by atoms with E-state index < -0.39 is 35.5 Å². The highest BCUT2D eigenvalue weighted by atomic mass is 19.1. The van der Waals surface area contributed by atoms with Crippen molar-refractivity contribution in [1.29, 1.82) is 0 Å². The highest BCUT2D eigenvalue weighted by Gasteiger charge is 2.37. The van der Waals surface area contributed by atoms with Crippen LogP contribution in [0.5, 0.6) is 0 Å². The zero-order valence-electron chi connectivity index (χ0n) is 21.1. The van der Waals surface area contributed by atoms with Crippen molar-refractivity contribution in [3.63, 3.8) is 0 Å². The minimum absolute atomic E-state index is 0.0286. The van der Waals surface area contributed by atoms with E-state index in [-0.39, 0.29) is 11.7 Å². The number of anilines is 1. The number of aromatic nitrogens is 3. The average Bonchev–Trinajstić information content (AvgIpc) is 3.36. The van der Waals surface area contributed by atoms with Crippen molar-refractivity contribution in [3.05, 3.63) is 90.0 Å². The second-order valence-corrected chi connectivity index (χ2v) is 9.67. The molecule has 0 radical (unpaired) electrons. The molecule has 3 aromatic carbocycles. The molecule has 5 rings (SSSR count). The number of rotatable bonds is 7. The third kappa shape index (κ3) is 5.41. The molecule has 2 amide bonds. The zero-order valence-corrected chi connectivity index (χ0v) is 21.1. The molecule has 1 fully saturated rings. The summed E-state index contributed by atoms with van der Waals surface area (Å²) in [6.07, 6.45) is 4.82. The number of nitrogens with one attached hydrogen (secondary N) is 1. The highest BCUT2D eigenvalue weighted by molar-refractivity contribution is 6.03. The van der Waals surface area contributed by atoms with Crippen LogP contribution in [-0.2, 0) is 9.59 Å². The van der Waals surface area contributed by atoms with Crippen molar-refractivity contribution in [2.75, 3.05) is 4.90 Å². The van der Waals surface area contributed by atoms with Gasteiger partial charge in [-0.3, -0.25) is 14.5 Å². The second-order valence-electron chi connectivity index (χ2n) is 9.67. The van der Waals surface area contributed by atoms with E-state index in [0.717, 1.165) is 32.1 Å². The van der Waals surface area contributed by atoms with Crippen LogP contribution in [0.4, 0.5) is 14.5 Å². The minimum atomic E-state index is -1.17. The van der Waals surface area contributed by atoms with Gasteiger partial charge in [-0.05, 0) is 67.8 Å². The lowest BCUT2D eigenvalue weighted by Crippen LogP contribution is -2.49. The summed E-state index contributed by atoms with van der Waals surface area (Å²) < 4.78 is 28.3. The van der Waals surface area contributed by atoms with Crippen molar-refractivity contribution in [2.45, 2.75) is 57.2 Å². The standard InChI is InChI=1S/C29H29F2N5O2/c1-19(36-33-25-12-5-6-13-26(25)34-36)29(38)35(24-11-7-8-22(31)18-24)27(20-14-16-21(30)17-15-20)28(37)32-23-9-3-2-4-10-23/h5-8,11-19,23,27H,2-4,9-10H2,1H3,(H,32,37)/t19-,27+/m1/s1. The summed E-state index contributed by atoms with van der Waals surface area (Å²) in [5.74, 6) is -1.94. The van der Waals surface area contributed by atoms with Crippen molar-refractivity contribution >= 4 is 28.5 Å². The van der Waals surface area contributed by atoms with Gasteiger partial charge in [0.05, 0.1) is 0 Å². The van der Waals surface area contributed by atoms with Crippen LogP contribution in [0.3, 0.4) is 0 Å². The molecule has 0 aliphatic heterocycles. The Kier molecular flexibility index (Phi) is 7.44. The lowest BCUT2D eigenvalue weighted by atomic mass is 9.94. The number of fused-ring (bicyclic) bond motifs is 1. The maximum absolute atomic E-state index is 14.4. The van der Waals surface area contributed by atoms with E-state index in [4.69, 9.17) is 0 Å². The van der Waals surface area contributed by atoms with E-state index in [1.807, 2.05) is 12.1 Å². The van der Waals surface area contributed by atoms with Gasteiger partial charge in [0.1, 0.15) is 34.8 Å². The van der Waals surface area contributed by atoms with Gasteiger partial charge in [0, 0.05) is 11.7 Å². The Bertz CT molecular complexity index is 1400. The van der Waals surface area contributed by atoms with Gasteiger partial charge in [-0.2, -0.15) is 15.0 Å². The maximum atomic E-state index is 14.4. The fourth-order valence-corrected chi connectivity index (χ4v) is 4.97. The van der Waals surface area contributed by atoms with Gasteiger partial charge in [-0.25, -0.2) is 8.78 Å². The third-order valence-corrected chi connectivity index (χ3v) is 6.97. The lowest BCUT2D eigenvalue weighted by Gasteiger charge is -2.34. The number of hydrogen-bond donors (Lipinski definition) is 1. The number of benzene rings is 3. The number of halogens is 2. The van der Waals surface area contributed by atoms with Crippen LogP contribution in [-0.4, -0.2) is 32.9 Å². The summed E-state index contributed by atoms with van der Waals surface area (Å²) in [4.78, 5) is 30.6. The molecule has 2 atom stereocenters. The molecule has 0 bridgehead atoms. The Morgan fingerprint density at radius 2 is 1.55 bits per heavy atom. The fraction of sp³-hybridized carbons (Fsp3) is 0.310. The van der Waals surface area contributed by atoms with Crippen LogP contribution in [0.1, 0.15) is 56.7 Å². The van der Waals surface area contributed by atoms with Crippen molar-refractivity contribution in [3.8, 4) is 0 Å². The van der Waals surface area contributed by atoms with Crippen LogP contribution < -0.4 is 10.2 Å². The molecule has 196 valence electrons. The summed E-state index contributed by atoms with van der Waals surface area (Å²) in [7, 11) is 0. The molecule has 0 saturated heterocycles. The summed E-state index contributed by atoms with van der Waals surface area (Å²) in [6.45, 7) is 1.63. The van der Waals surface area contributed by atoms with E-state index in [0.29, 0.717) is 16.6 Å². The van der Waals surface area contributed by atoms with Crippen molar-refractivity contribution < 1.29 is 18.4 Å². The molecule has 0 spiro atoms. The first-order chi connectivity index (χ1) is 18.4. The predicted molar refractivity (Wildman–Crippen MR) is 140 cm³/mol. The predicted octanol–water partition coefficient (Wildman–Crippen LogP) is 5.49. The Hall–Kier alpha value is -4.14. The number of amides is 2. The van der Waals surface area contributed by atoms with E-state index in [1.165, 1.54) is 52.2 Å². The topological polar surface area (TPSA) is 80.1 Å². The summed E-state index contributed by atoms with van der Waals surface area (Å²) >= 11 is 0. The molecule has 0 unspecified atom stereocenters. The smallest absolute Gasteiger partial charge is 0.254 e. The Morgan fingerprint density at radius 1 is 0.895 bits per heavy atom. The van der Waals surface area contributed by atoms with Crippen LogP contribution in [0.15, 0.2) is 72.8 Å². The van der Waals surface area contributed by atoms with Gasteiger partial charge >= 0.3 is 0 Å². The first-order valence-electron chi connectivity index (χ1n) is 12.9. The first kappa shape index (κ1) is 25.5. The minimum Gasteiger partial charge on any atom is -0.351 e. The summed E-state index contributed by atoms with van der Waals surface area (Å²) in [5, 5.41) is 12.0. The van der Waals surface area contributed by atoms with Crippen molar-refractivity contribution in [2.24, 2.45) is 0 Å². The maximum Gasteiger partial charge on any atom is 0.254 e. The molecule has 1 saturated carbocycles. The Balaban J connectivity index is 1.58. The number of hydrogen-bond acceptors (Lipinski definition) is 4. The molecule has 1 aliphatic carbocycles. The van der Waals surface area contributed by atoms with E-state index in [9.17, 15) is 18.4 Å². The number of carbonyl (C=O) groups excluding carboxylic acids is 2. The van der Waals surface area contributed by atoms with E-state index >= 15 is 0 Å². The monoisotopic (exact) mass is 517 g/mol. The Morgan fingerprint density at radius 3 is 2.18 bits per heavy atom. The van der Waals surface area contributed by atoms with Crippen LogP contribution in [0, 0.1) is 11.6 Å². The normalized spacial score (nSPS) is 15.7. The lowest BCUT2D eigenvalue weighted by molar-refractivity contribution is -0.128. The van der Waals surface area contributed by atoms with Gasteiger partial charge in [-0.1, -0.05) is 49.6 Å². The molecule has 4 aromatic rings. The van der Waals surface area contributed by atoms with Crippen LogP contribution in [0.25, 0.3) is 11.0 Å².